The van der Waals surface area contributed by atoms with E-state index >= 15 is 0 Å². The van der Waals surface area contributed by atoms with Gasteiger partial charge in [-0.15, -0.1) is 5.73 Å². The van der Waals surface area contributed by atoms with Crippen LogP contribution in [0.1, 0.15) is 27.2 Å². The quantitative estimate of drug-likeness (QED) is 0.535. The lowest BCUT2D eigenvalue weighted by molar-refractivity contribution is 0.417. The van der Waals surface area contributed by atoms with Crippen LogP contribution in [0.2, 0.25) is 0 Å². The van der Waals surface area contributed by atoms with Gasteiger partial charge in [0.15, 0.2) is 0 Å². The van der Waals surface area contributed by atoms with E-state index in [0.717, 1.165) is 6.42 Å². The molecule has 0 aromatic carbocycles. The van der Waals surface area contributed by atoms with Crippen LogP contribution < -0.4 is 0 Å². The van der Waals surface area contributed by atoms with Crippen molar-refractivity contribution in [2.24, 2.45) is 5.41 Å². The van der Waals surface area contributed by atoms with Crippen molar-refractivity contribution in [3.8, 4) is 0 Å². The van der Waals surface area contributed by atoms with Crippen LogP contribution >= 0.6 is 11.8 Å². The van der Waals surface area contributed by atoms with Crippen molar-refractivity contribution < 1.29 is 0 Å². The maximum absolute atomic E-state index is 3.04. The lowest BCUT2D eigenvalue weighted by Crippen LogP contribution is -2.04. The molecule has 0 spiro atoms. The fourth-order valence-electron chi connectivity index (χ4n) is 0.953. The first kappa shape index (κ1) is 8.70. The highest BCUT2D eigenvalue weighted by molar-refractivity contribution is 8.05. The highest BCUT2D eigenvalue weighted by Gasteiger charge is 2.12. The van der Waals surface area contributed by atoms with E-state index in [1.54, 1.807) is 11.8 Å². The molecular formula is C10H14S. The zero-order valence-electron chi connectivity index (χ0n) is 7.35. The molecule has 11 heavy (non-hydrogen) atoms. The molecule has 1 aliphatic heterocycles. The van der Waals surface area contributed by atoms with Crippen molar-refractivity contribution in [1.29, 1.82) is 0 Å². The van der Waals surface area contributed by atoms with Crippen LogP contribution in [0.3, 0.4) is 0 Å². The van der Waals surface area contributed by atoms with Gasteiger partial charge in [0, 0.05) is 5.41 Å². The number of hydrogen-bond acceptors (Lipinski definition) is 1. The molecule has 0 amide bonds. The van der Waals surface area contributed by atoms with Crippen LogP contribution in [-0.4, -0.2) is 0 Å². The number of hydrogen-bond donors (Lipinski definition) is 0. The Balaban J connectivity index is 2.53. The Morgan fingerprint density at radius 2 is 2.18 bits per heavy atom. The van der Waals surface area contributed by atoms with Crippen molar-refractivity contribution >= 4 is 11.8 Å². The minimum Gasteiger partial charge on any atom is -0.114 e. The summed E-state index contributed by atoms with van der Waals surface area (Å²) in [4.78, 5) is 1.44. The van der Waals surface area contributed by atoms with E-state index < -0.39 is 0 Å². The third-order valence-corrected chi connectivity index (χ3v) is 2.19. The summed E-state index contributed by atoms with van der Waals surface area (Å²) in [6.07, 6.45) is 5.29. The van der Waals surface area contributed by atoms with Gasteiger partial charge >= 0.3 is 0 Å². The zero-order chi connectivity index (χ0) is 8.32. The first-order valence-corrected chi connectivity index (χ1v) is 4.73. The molecule has 0 saturated carbocycles. The third-order valence-electron chi connectivity index (χ3n) is 1.35. The molecule has 0 fully saturated rings. The van der Waals surface area contributed by atoms with E-state index in [1.165, 1.54) is 4.91 Å². The monoisotopic (exact) mass is 166 g/mol. The number of thioether (sulfide) groups is 1. The van der Waals surface area contributed by atoms with Crippen molar-refractivity contribution in [2.45, 2.75) is 27.2 Å². The summed E-state index contributed by atoms with van der Waals surface area (Å²) < 4.78 is 0. The van der Waals surface area contributed by atoms with Crippen LogP contribution in [0.25, 0.3) is 0 Å². The smallest absolute Gasteiger partial charge is 0.0175 e. The first-order chi connectivity index (χ1) is 5.08. The molecule has 1 heterocycles. The standard InChI is InChI=1S/C10H14S/c1-10(2,3)8-9-6-4-5-7-11-9/h4,6-7H,8H2,1-3H3. The second-order valence-electron chi connectivity index (χ2n) is 3.94. The molecule has 0 N–H and O–H groups in total. The Kier molecular flexibility index (Phi) is 2.64. The van der Waals surface area contributed by atoms with Crippen LogP contribution in [0.15, 0.2) is 28.2 Å². The van der Waals surface area contributed by atoms with Crippen LogP contribution in [-0.2, 0) is 0 Å². The highest BCUT2D eigenvalue weighted by Crippen LogP contribution is 2.32. The molecule has 0 nitrogen and oxygen atoms in total. The van der Waals surface area contributed by atoms with E-state index in [0.29, 0.717) is 5.41 Å². The Bertz CT molecular complexity index is 222. The Morgan fingerprint density at radius 3 is 2.64 bits per heavy atom. The average molecular weight is 166 g/mol. The Labute approximate surface area is 73.1 Å². The third kappa shape index (κ3) is 3.50. The van der Waals surface area contributed by atoms with Gasteiger partial charge in [-0.2, -0.15) is 0 Å². The number of rotatable bonds is 1. The van der Waals surface area contributed by atoms with Gasteiger partial charge in [-0.1, -0.05) is 32.5 Å². The minimum atomic E-state index is 0.401. The van der Waals surface area contributed by atoms with E-state index in [1.807, 2.05) is 11.5 Å². The molecule has 60 valence electrons. The van der Waals surface area contributed by atoms with Crippen molar-refractivity contribution in [1.82, 2.24) is 0 Å². The molecule has 1 heteroatoms. The average Bonchev–Trinajstić information content (AvgIpc) is 1.85. The van der Waals surface area contributed by atoms with Crippen molar-refractivity contribution in [3.05, 3.63) is 28.2 Å². The lowest BCUT2D eigenvalue weighted by atomic mass is 9.92. The van der Waals surface area contributed by atoms with Gasteiger partial charge in [0.1, 0.15) is 0 Å². The zero-order valence-corrected chi connectivity index (χ0v) is 8.16. The first-order valence-electron chi connectivity index (χ1n) is 3.85. The van der Waals surface area contributed by atoms with Crippen molar-refractivity contribution in [3.63, 3.8) is 0 Å². The molecular weight excluding hydrogens is 152 g/mol. The molecule has 0 saturated heterocycles. The van der Waals surface area contributed by atoms with Gasteiger partial charge in [-0.3, -0.25) is 0 Å². The molecule has 1 aliphatic rings. The summed E-state index contributed by atoms with van der Waals surface area (Å²) in [5.41, 5.74) is 3.44. The summed E-state index contributed by atoms with van der Waals surface area (Å²) in [5.74, 6) is 0. The fraction of sp³-hybridized carbons (Fsp3) is 0.500. The van der Waals surface area contributed by atoms with E-state index in [2.05, 4.69) is 32.6 Å². The van der Waals surface area contributed by atoms with Gasteiger partial charge in [0.2, 0.25) is 0 Å². The fourth-order valence-corrected chi connectivity index (χ4v) is 1.91. The summed E-state index contributed by atoms with van der Waals surface area (Å²) in [5, 5.41) is 2.01. The normalized spacial score (nSPS) is 16.8. The van der Waals surface area contributed by atoms with E-state index in [4.69, 9.17) is 0 Å². The molecule has 0 aromatic rings. The Morgan fingerprint density at radius 1 is 1.45 bits per heavy atom. The van der Waals surface area contributed by atoms with E-state index in [-0.39, 0.29) is 0 Å². The largest absolute Gasteiger partial charge is 0.114 e. The maximum Gasteiger partial charge on any atom is 0.0175 e. The second-order valence-corrected chi connectivity index (χ2v) is 4.94. The van der Waals surface area contributed by atoms with Gasteiger partial charge in [0.05, 0.1) is 0 Å². The molecule has 0 aliphatic carbocycles. The topological polar surface area (TPSA) is 0 Å². The number of allylic oxidation sites excluding steroid dienone is 3. The molecule has 0 bridgehead atoms. The summed E-state index contributed by atoms with van der Waals surface area (Å²) in [6.45, 7) is 6.78. The Hall–Kier alpha value is -0.390. The summed E-state index contributed by atoms with van der Waals surface area (Å²) in [7, 11) is 0. The predicted molar refractivity (Wildman–Crippen MR) is 52.4 cm³/mol. The molecule has 0 unspecified atom stereocenters. The van der Waals surface area contributed by atoms with Crippen LogP contribution in [0.4, 0.5) is 0 Å². The van der Waals surface area contributed by atoms with Gasteiger partial charge in [-0.05, 0) is 28.9 Å². The van der Waals surface area contributed by atoms with Crippen LogP contribution in [0, 0.1) is 5.41 Å². The predicted octanol–water partition coefficient (Wildman–Crippen LogP) is 3.72. The maximum atomic E-state index is 3.04. The highest BCUT2D eigenvalue weighted by atomic mass is 32.2. The van der Waals surface area contributed by atoms with E-state index in [9.17, 15) is 0 Å². The molecule has 0 aromatic heterocycles. The second kappa shape index (κ2) is 3.34. The lowest BCUT2D eigenvalue weighted by Gasteiger charge is -2.19. The summed E-state index contributed by atoms with van der Waals surface area (Å²) in [6, 6.07) is 0. The minimum absolute atomic E-state index is 0.401. The van der Waals surface area contributed by atoms with Gasteiger partial charge in [-0.25, -0.2) is 0 Å². The molecule has 1 rings (SSSR count). The SMILES string of the molecule is CC(C)(C)CC1=CC=C=CS1. The molecule has 0 atom stereocenters. The van der Waals surface area contributed by atoms with Crippen LogP contribution in [0.5, 0.6) is 0 Å². The van der Waals surface area contributed by atoms with Gasteiger partial charge < -0.3 is 0 Å². The molecule has 0 radical (unpaired) electrons. The van der Waals surface area contributed by atoms with Gasteiger partial charge in [0.25, 0.3) is 0 Å². The van der Waals surface area contributed by atoms with Crippen molar-refractivity contribution in [2.75, 3.05) is 0 Å². The summed E-state index contributed by atoms with van der Waals surface area (Å²) >= 11 is 1.78.